The second-order valence-corrected chi connectivity index (χ2v) is 5.46. The molecule has 0 unspecified atom stereocenters. The largest absolute Gasteiger partial charge is 0.497 e. The first-order valence-corrected chi connectivity index (χ1v) is 7.04. The van der Waals surface area contributed by atoms with Crippen molar-refractivity contribution in [3.63, 3.8) is 0 Å². The maximum absolute atomic E-state index is 12.4. The number of hydrogen-bond acceptors (Lipinski definition) is 4. The van der Waals surface area contributed by atoms with E-state index in [0.29, 0.717) is 37.5 Å². The molecule has 5 nitrogen and oxygen atoms in total. The van der Waals surface area contributed by atoms with Gasteiger partial charge in [0, 0.05) is 23.8 Å². The van der Waals surface area contributed by atoms with Gasteiger partial charge in [-0.2, -0.15) is 5.26 Å². The van der Waals surface area contributed by atoms with Crippen LogP contribution in [0.3, 0.4) is 0 Å². The first kappa shape index (κ1) is 14.8. The summed E-state index contributed by atoms with van der Waals surface area (Å²) >= 11 is 3.37. The Labute approximate surface area is 126 Å². The highest BCUT2D eigenvalue weighted by Gasteiger charge is 2.40. The second kappa shape index (κ2) is 6.25. The number of anilines is 1. The van der Waals surface area contributed by atoms with Gasteiger partial charge in [-0.05, 0) is 40.9 Å². The summed E-state index contributed by atoms with van der Waals surface area (Å²) in [7, 11) is 1.56. The van der Waals surface area contributed by atoms with Crippen molar-refractivity contribution in [1.29, 1.82) is 5.26 Å². The van der Waals surface area contributed by atoms with Crippen LogP contribution in [0.25, 0.3) is 0 Å². The Kier molecular flexibility index (Phi) is 4.63. The third-order valence-electron chi connectivity index (χ3n) is 3.42. The number of ether oxygens (including phenoxy) is 2. The lowest BCUT2D eigenvalue weighted by molar-refractivity contribution is -0.126. The minimum Gasteiger partial charge on any atom is -0.497 e. The number of rotatable bonds is 3. The average Bonchev–Trinajstić information content (AvgIpc) is 2.50. The molecule has 1 aliphatic heterocycles. The van der Waals surface area contributed by atoms with Crippen molar-refractivity contribution < 1.29 is 14.3 Å². The molecule has 1 aromatic carbocycles. The van der Waals surface area contributed by atoms with Crippen molar-refractivity contribution in [3.05, 3.63) is 22.7 Å². The molecule has 2 rings (SSSR count). The van der Waals surface area contributed by atoms with Crippen LogP contribution in [0.2, 0.25) is 0 Å². The molecule has 1 aromatic rings. The lowest BCUT2D eigenvalue weighted by Crippen LogP contribution is -2.40. The van der Waals surface area contributed by atoms with E-state index in [9.17, 15) is 10.1 Å². The summed E-state index contributed by atoms with van der Waals surface area (Å²) in [5.41, 5.74) is -0.420. The van der Waals surface area contributed by atoms with Gasteiger partial charge in [-0.1, -0.05) is 0 Å². The van der Waals surface area contributed by atoms with Crippen LogP contribution in [0.5, 0.6) is 5.75 Å². The molecule has 1 fully saturated rings. The molecule has 6 heteroatoms. The van der Waals surface area contributed by atoms with Gasteiger partial charge >= 0.3 is 0 Å². The summed E-state index contributed by atoms with van der Waals surface area (Å²) in [5, 5.41) is 12.2. The number of methoxy groups -OCH3 is 1. The van der Waals surface area contributed by atoms with E-state index in [1.165, 1.54) is 0 Å². The first-order valence-electron chi connectivity index (χ1n) is 6.25. The van der Waals surface area contributed by atoms with E-state index in [1.54, 1.807) is 25.3 Å². The number of nitrogens with one attached hydrogen (secondary N) is 1. The number of hydrogen-bond donors (Lipinski definition) is 1. The van der Waals surface area contributed by atoms with Crippen LogP contribution in [-0.4, -0.2) is 26.2 Å². The monoisotopic (exact) mass is 338 g/mol. The van der Waals surface area contributed by atoms with Gasteiger partial charge in [0.1, 0.15) is 11.2 Å². The average molecular weight is 339 g/mol. The molecule has 0 bridgehead atoms. The highest BCUT2D eigenvalue weighted by atomic mass is 79.9. The van der Waals surface area contributed by atoms with Gasteiger partial charge in [0.25, 0.3) is 0 Å². The molecular weight excluding hydrogens is 324 g/mol. The van der Waals surface area contributed by atoms with Gasteiger partial charge in [0.05, 0.1) is 18.9 Å². The smallest absolute Gasteiger partial charge is 0.245 e. The molecule has 0 saturated carbocycles. The Morgan fingerprint density at radius 2 is 2.20 bits per heavy atom. The zero-order chi connectivity index (χ0) is 14.6. The van der Waals surface area contributed by atoms with Crippen molar-refractivity contribution in [1.82, 2.24) is 0 Å². The van der Waals surface area contributed by atoms with Crippen LogP contribution < -0.4 is 10.1 Å². The maximum Gasteiger partial charge on any atom is 0.245 e. The molecule has 0 atom stereocenters. The predicted molar refractivity (Wildman–Crippen MR) is 77.4 cm³/mol. The summed E-state index contributed by atoms with van der Waals surface area (Å²) in [5.74, 6) is 0.346. The summed E-state index contributed by atoms with van der Waals surface area (Å²) < 4.78 is 11.1. The van der Waals surface area contributed by atoms with E-state index in [-0.39, 0.29) is 5.91 Å². The Morgan fingerprint density at radius 1 is 1.50 bits per heavy atom. The Hall–Kier alpha value is -1.58. The van der Waals surface area contributed by atoms with Crippen LogP contribution in [0.4, 0.5) is 5.69 Å². The highest BCUT2D eigenvalue weighted by molar-refractivity contribution is 9.10. The summed E-state index contributed by atoms with van der Waals surface area (Å²) in [6, 6.07) is 7.44. The number of nitrogens with zero attached hydrogens (tertiary/aromatic N) is 1. The molecular formula is C14H15BrN2O3. The molecule has 0 aromatic heterocycles. The minimum atomic E-state index is -1.01. The van der Waals surface area contributed by atoms with E-state index in [0.717, 1.165) is 4.47 Å². The van der Waals surface area contributed by atoms with Crippen molar-refractivity contribution in [2.75, 3.05) is 25.6 Å². The number of nitriles is 1. The predicted octanol–water partition coefficient (Wildman–Crippen LogP) is 2.72. The molecule has 1 N–H and O–H groups in total. The van der Waals surface area contributed by atoms with Gasteiger partial charge in [-0.3, -0.25) is 4.79 Å². The summed E-state index contributed by atoms with van der Waals surface area (Å²) in [4.78, 5) is 12.4. The van der Waals surface area contributed by atoms with Gasteiger partial charge in [-0.15, -0.1) is 0 Å². The maximum atomic E-state index is 12.4. The highest BCUT2D eigenvalue weighted by Crippen LogP contribution is 2.33. The molecule has 0 aliphatic carbocycles. The zero-order valence-electron chi connectivity index (χ0n) is 11.1. The third kappa shape index (κ3) is 2.94. The quantitative estimate of drug-likeness (QED) is 0.919. The van der Waals surface area contributed by atoms with E-state index < -0.39 is 5.41 Å². The van der Waals surface area contributed by atoms with Crippen molar-refractivity contribution >= 4 is 27.5 Å². The van der Waals surface area contributed by atoms with Crippen LogP contribution >= 0.6 is 15.9 Å². The van der Waals surface area contributed by atoms with Gasteiger partial charge in [0.15, 0.2) is 0 Å². The molecule has 0 radical (unpaired) electrons. The van der Waals surface area contributed by atoms with Crippen molar-refractivity contribution in [2.24, 2.45) is 5.41 Å². The van der Waals surface area contributed by atoms with Crippen LogP contribution in [0.1, 0.15) is 12.8 Å². The SMILES string of the molecule is COc1ccc(Br)c(NC(=O)C2(C#N)CCOCC2)c1. The van der Waals surface area contributed by atoms with Crippen LogP contribution in [-0.2, 0) is 9.53 Å². The lowest BCUT2D eigenvalue weighted by atomic mass is 9.81. The lowest BCUT2D eigenvalue weighted by Gasteiger charge is -2.29. The van der Waals surface area contributed by atoms with Crippen molar-refractivity contribution in [3.8, 4) is 11.8 Å². The van der Waals surface area contributed by atoms with Crippen LogP contribution in [0.15, 0.2) is 22.7 Å². The standard InChI is InChI=1S/C14H15BrN2O3/c1-19-10-2-3-11(15)12(8-10)17-13(18)14(9-16)4-6-20-7-5-14/h2-3,8H,4-7H2,1H3,(H,17,18). The number of carbonyl (C=O) groups excluding carboxylic acids is 1. The molecule has 1 heterocycles. The fourth-order valence-electron chi connectivity index (χ4n) is 2.08. The minimum absolute atomic E-state index is 0.294. The van der Waals surface area contributed by atoms with Gasteiger partial charge in [0.2, 0.25) is 5.91 Å². The van der Waals surface area contributed by atoms with E-state index in [1.807, 2.05) is 0 Å². The molecule has 1 saturated heterocycles. The normalized spacial score (nSPS) is 17.1. The topological polar surface area (TPSA) is 71.3 Å². The number of carbonyl (C=O) groups is 1. The van der Waals surface area contributed by atoms with E-state index in [2.05, 4.69) is 27.3 Å². The Morgan fingerprint density at radius 3 is 2.80 bits per heavy atom. The van der Waals surface area contributed by atoms with E-state index >= 15 is 0 Å². The third-order valence-corrected chi connectivity index (χ3v) is 4.11. The fourth-order valence-corrected chi connectivity index (χ4v) is 2.42. The first-order chi connectivity index (χ1) is 9.61. The molecule has 20 heavy (non-hydrogen) atoms. The molecule has 0 spiro atoms. The van der Waals surface area contributed by atoms with Crippen LogP contribution in [0, 0.1) is 16.7 Å². The molecule has 1 amide bonds. The number of halogens is 1. The van der Waals surface area contributed by atoms with Gasteiger partial charge in [-0.25, -0.2) is 0 Å². The Balaban J connectivity index is 2.20. The van der Waals surface area contributed by atoms with Gasteiger partial charge < -0.3 is 14.8 Å². The van der Waals surface area contributed by atoms with Crippen molar-refractivity contribution in [2.45, 2.75) is 12.8 Å². The second-order valence-electron chi connectivity index (χ2n) is 4.61. The number of amides is 1. The molecule has 106 valence electrons. The fraction of sp³-hybridized carbons (Fsp3) is 0.429. The summed E-state index contributed by atoms with van der Waals surface area (Å²) in [6.45, 7) is 0.862. The number of benzene rings is 1. The van der Waals surface area contributed by atoms with E-state index in [4.69, 9.17) is 9.47 Å². The zero-order valence-corrected chi connectivity index (χ0v) is 12.7. The Bertz CT molecular complexity index is 548. The molecule has 1 aliphatic rings. The summed E-state index contributed by atoms with van der Waals surface area (Å²) in [6.07, 6.45) is 0.827.